The Hall–Kier alpha value is -1.75. The molecule has 3 N–H and O–H groups in total. The number of hydrogen-bond donors (Lipinski definition) is 3. The molecule has 2 rings (SSSR count). The molecule has 0 aromatic heterocycles. The van der Waals surface area contributed by atoms with Gasteiger partial charge in [-0.3, -0.25) is 0 Å². The van der Waals surface area contributed by atoms with Gasteiger partial charge in [-0.2, -0.15) is 0 Å². The largest absolute Gasteiger partial charge is 0.378 e. The fourth-order valence-corrected chi connectivity index (χ4v) is 4.03. The van der Waals surface area contributed by atoms with Crippen molar-refractivity contribution in [2.75, 3.05) is 11.6 Å². The molecule has 2 atom stereocenters. The maximum atomic E-state index is 12.1. The molecule has 1 aliphatic carbocycles. The molecule has 0 saturated heterocycles. The van der Waals surface area contributed by atoms with Crippen LogP contribution in [0.3, 0.4) is 0 Å². The van der Waals surface area contributed by atoms with Gasteiger partial charge in [-0.05, 0) is 37.0 Å². The lowest BCUT2D eigenvalue weighted by Gasteiger charge is -2.33. The Labute approximate surface area is 152 Å². The van der Waals surface area contributed by atoms with E-state index in [-0.39, 0.29) is 16.8 Å². The van der Waals surface area contributed by atoms with Gasteiger partial charge in [0.1, 0.15) is 5.60 Å². The second kappa shape index (κ2) is 7.65. The Morgan fingerprint density at radius 2 is 2.24 bits per heavy atom. The van der Waals surface area contributed by atoms with Crippen LogP contribution in [0.2, 0.25) is 5.02 Å². The van der Waals surface area contributed by atoms with E-state index < -0.39 is 21.5 Å². The van der Waals surface area contributed by atoms with E-state index >= 15 is 0 Å². The Bertz CT molecular complexity index is 803. The predicted molar refractivity (Wildman–Crippen MR) is 98.2 cm³/mol. The van der Waals surface area contributed by atoms with Crippen LogP contribution in [0.4, 0.5) is 10.5 Å². The van der Waals surface area contributed by atoms with E-state index in [1.165, 1.54) is 6.07 Å². The molecule has 0 radical (unpaired) electrons. The molecule has 25 heavy (non-hydrogen) atoms. The maximum Gasteiger partial charge on any atom is 0.319 e. The number of rotatable bonds is 4. The molecule has 0 bridgehead atoms. The lowest BCUT2D eigenvalue weighted by molar-refractivity contribution is 0.0490. The minimum absolute atomic E-state index is 0.162. The van der Waals surface area contributed by atoms with Gasteiger partial charge in [0, 0.05) is 29.4 Å². The van der Waals surface area contributed by atoms with Crippen molar-refractivity contribution in [1.29, 1.82) is 0 Å². The van der Waals surface area contributed by atoms with E-state index in [1.54, 1.807) is 12.1 Å². The van der Waals surface area contributed by atoms with Crippen molar-refractivity contribution in [2.24, 2.45) is 0 Å². The number of carbonyl (C=O) groups excluding carboxylic acids is 1. The first kappa shape index (κ1) is 19.6. The van der Waals surface area contributed by atoms with Gasteiger partial charge in [0.15, 0.2) is 9.84 Å². The molecule has 136 valence electrons. The smallest absolute Gasteiger partial charge is 0.319 e. The first-order valence-corrected chi connectivity index (χ1v) is 10.3. The third-order valence-corrected chi connectivity index (χ3v) is 5.25. The van der Waals surface area contributed by atoms with Crippen LogP contribution in [0.5, 0.6) is 0 Å². The number of carbonyl (C=O) groups is 1. The second-order valence-electron chi connectivity index (χ2n) is 6.44. The van der Waals surface area contributed by atoms with Gasteiger partial charge >= 0.3 is 6.03 Å². The highest BCUT2D eigenvalue weighted by Gasteiger charge is 2.33. The topological polar surface area (TPSA) is 95.5 Å². The first-order valence-electron chi connectivity index (χ1n) is 7.84. The zero-order valence-corrected chi connectivity index (χ0v) is 15.5. The van der Waals surface area contributed by atoms with Gasteiger partial charge in [-0.15, -0.1) is 6.42 Å². The van der Waals surface area contributed by atoms with Crippen molar-refractivity contribution in [3.05, 3.63) is 28.8 Å². The third-order valence-electron chi connectivity index (χ3n) is 4.06. The van der Waals surface area contributed by atoms with Crippen LogP contribution in [0, 0.1) is 12.3 Å². The van der Waals surface area contributed by atoms with E-state index in [2.05, 4.69) is 16.6 Å². The number of anilines is 1. The molecule has 1 fully saturated rings. The van der Waals surface area contributed by atoms with E-state index in [0.29, 0.717) is 24.1 Å². The highest BCUT2D eigenvalue weighted by atomic mass is 35.5. The van der Waals surface area contributed by atoms with Crippen LogP contribution in [-0.4, -0.2) is 37.5 Å². The van der Waals surface area contributed by atoms with Crippen molar-refractivity contribution in [3.8, 4) is 12.3 Å². The monoisotopic (exact) mass is 384 g/mol. The van der Waals surface area contributed by atoms with Gasteiger partial charge < -0.3 is 15.7 Å². The summed E-state index contributed by atoms with van der Waals surface area (Å²) in [4.78, 5) is 12.1. The highest BCUT2D eigenvalue weighted by molar-refractivity contribution is 7.89. The number of nitrogens with one attached hydrogen (secondary N) is 2. The standard InChI is InChI=1S/C17H21ClN2O4S/c1-3-17(22)8-4-5-14(10-17)20-16(21)19-13-7-6-12(15(18)9-13)11-25(2,23)24/h1,6-7,9,14,22H,4-5,8,10-11H2,2H3,(H2,19,20,21). The molecule has 0 spiro atoms. The normalized spacial score (nSPS) is 23.5. The Morgan fingerprint density at radius 3 is 2.84 bits per heavy atom. The quantitative estimate of drug-likeness (QED) is 0.694. The summed E-state index contributed by atoms with van der Waals surface area (Å²) in [6.07, 6.45) is 8.79. The summed E-state index contributed by atoms with van der Waals surface area (Å²) in [7, 11) is -3.19. The van der Waals surface area contributed by atoms with Crippen LogP contribution in [-0.2, 0) is 15.6 Å². The predicted octanol–water partition coefficient (Wildman–Crippen LogP) is 2.31. The molecule has 0 aliphatic heterocycles. The Morgan fingerprint density at radius 1 is 1.52 bits per heavy atom. The molecule has 1 aromatic carbocycles. The second-order valence-corrected chi connectivity index (χ2v) is 8.99. The summed E-state index contributed by atoms with van der Waals surface area (Å²) in [5, 5.41) is 15.8. The zero-order valence-electron chi connectivity index (χ0n) is 13.9. The summed E-state index contributed by atoms with van der Waals surface area (Å²) >= 11 is 6.08. The molecule has 8 heteroatoms. The van der Waals surface area contributed by atoms with E-state index in [1.807, 2.05) is 0 Å². The summed E-state index contributed by atoms with van der Waals surface area (Å²) in [5.74, 6) is 2.22. The summed E-state index contributed by atoms with van der Waals surface area (Å²) < 4.78 is 22.7. The fraction of sp³-hybridized carbons (Fsp3) is 0.471. The number of hydrogen-bond acceptors (Lipinski definition) is 4. The average Bonchev–Trinajstić information content (AvgIpc) is 2.49. The summed E-state index contributed by atoms with van der Waals surface area (Å²) in [5.41, 5.74) is -0.253. The maximum absolute atomic E-state index is 12.1. The lowest BCUT2D eigenvalue weighted by Crippen LogP contribution is -2.46. The zero-order chi connectivity index (χ0) is 18.7. The number of terminal acetylenes is 1. The Balaban J connectivity index is 1.97. The van der Waals surface area contributed by atoms with Gasteiger partial charge in [0.2, 0.25) is 0 Å². The van der Waals surface area contributed by atoms with Gasteiger partial charge in [0.25, 0.3) is 0 Å². The van der Waals surface area contributed by atoms with Crippen molar-refractivity contribution >= 4 is 33.2 Å². The molecule has 2 amide bonds. The van der Waals surface area contributed by atoms with Crippen molar-refractivity contribution < 1.29 is 18.3 Å². The number of sulfone groups is 1. The SMILES string of the molecule is C#CC1(O)CCCC(NC(=O)Nc2ccc(CS(C)(=O)=O)c(Cl)c2)C1. The molecular formula is C17H21ClN2O4S. The average molecular weight is 385 g/mol. The van der Waals surface area contributed by atoms with Gasteiger partial charge in [0.05, 0.1) is 5.75 Å². The lowest BCUT2D eigenvalue weighted by atomic mass is 9.82. The van der Waals surface area contributed by atoms with Crippen LogP contribution in [0.1, 0.15) is 31.2 Å². The van der Waals surface area contributed by atoms with Gasteiger partial charge in [-0.1, -0.05) is 23.6 Å². The number of halogens is 1. The first-order chi connectivity index (χ1) is 11.6. The number of urea groups is 1. The number of aliphatic hydroxyl groups is 1. The van der Waals surface area contributed by atoms with E-state index in [4.69, 9.17) is 18.0 Å². The van der Waals surface area contributed by atoms with Gasteiger partial charge in [-0.25, -0.2) is 13.2 Å². The minimum atomic E-state index is -3.19. The molecule has 1 aliphatic rings. The molecule has 6 nitrogen and oxygen atoms in total. The Kier molecular flexibility index (Phi) is 5.99. The third kappa shape index (κ3) is 5.92. The van der Waals surface area contributed by atoms with Crippen LogP contribution in [0.25, 0.3) is 0 Å². The summed E-state index contributed by atoms with van der Waals surface area (Å²) in [6, 6.07) is 4.01. The molecular weight excluding hydrogens is 364 g/mol. The molecule has 1 saturated carbocycles. The summed E-state index contributed by atoms with van der Waals surface area (Å²) in [6.45, 7) is 0. The van der Waals surface area contributed by atoms with Crippen LogP contribution < -0.4 is 10.6 Å². The molecule has 2 unspecified atom stereocenters. The van der Waals surface area contributed by atoms with E-state index in [0.717, 1.165) is 19.1 Å². The van der Waals surface area contributed by atoms with Crippen molar-refractivity contribution in [2.45, 2.75) is 43.1 Å². The fourth-order valence-electron chi connectivity index (χ4n) is 2.88. The van der Waals surface area contributed by atoms with E-state index in [9.17, 15) is 18.3 Å². The molecule has 1 aromatic rings. The van der Waals surface area contributed by atoms with Crippen molar-refractivity contribution in [3.63, 3.8) is 0 Å². The molecule has 0 heterocycles. The van der Waals surface area contributed by atoms with Crippen LogP contribution in [0.15, 0.2) is 18.2 Å². The number of benzene rings is 1. The van der Waals surface area contributed by atoms with Crippen molar-refractivity contribution in [1.82, 2.24) is 5.32 Å². The van der Waals surface area contributed by atoms with Crippen LogP contribution >= 0.6 is 11.6 Å². The minimum Gasteiger partial charge on any atom is -0.378 e. The highest BCUT2D eigenvalue weighted by Crippen LogP contribution is 2.28. The number of amides is 2.